The molecule has 3 rings (SSSR count). The van der Waals surface area contributed by atoms with E-state index in [2.05, 4.69) is 29.0 Å². The summed E-state index contributed by atoms with van der Waals surface area (Å²) in [5.41, 5.74) is 1.14. The van der Waals surface area contributed by atoms with E-state index in [1.54, 1.807) is 0 Å². The largest absolute Gasteiger partial charge is 0.469 e. The number of carbonyl (C=O) groups is 2. The molecular formula is C26H36O5. The number of unbranched alkanes of at least 4 members (excludes halogenated alkanes) is 3. The molecule has 5 nitrogen and oxygen atoms in total. The van der Waals surface area contributed by atoms with Crippen molar-refractivity contribution in [2.45, 2.75) is 76.6 Å². The molecule has 4 unspecified atom stereocenters. The molecule has 0 spiro atoms. The number of hydrogen-bond acceptors (Lipinski definition) is 5. The van der Waals surface area contributed by atoms with Crippen LogP contribution in [0.4, 0.5) is 0 Å². The molecule has 1 aliphatic heterocycles. The summed E-state index contributed by atoms with van der Waals surface area (Å²) in [6, 6.07) is 10.2. The molecular weight excluding hydrogens is 392 g/mol. The maximum atomic E-state index is 12.9. The van der Waals surface area contributed by atoms with Gasteiger partial charge >= 0.3 is 5.97 Å². The molecule has 1 aromatic rings. The Morgan fingerprint density at radius 2 is 1.94 bits per heavy atom. The van der Waals surface area contributed by atoms with E-state index in [-0.39, 0.29) is 30.2 Å². The van der Waals surface area contributed by atoms with Crippen molar-refractivity contribution in [1.82, 2.24) is 0 Å². The normalized spacial score (nSPS) is 26.4. The third-order valence-corrected chi connectivity index (χ3v) is 6.36. The first-order chi connectivity index (χ1) is 15.2. The third kappa shape index (κ3) is 7.58. The fourth-order valence-electron chi connectivity index (χ4n) is 4.60. The molecule has 1 heterocycles. The summed E-state index contributed by atoms with van der Waals surface area (Å²) in [7, 11) is 1.42. The Morgan fingerprint density at radius 3 is 2.68 bits per heavy atom. The summed E-state index contributed by atoms with van der Waals surface area (Å²) in [6.07, 6.45) is 12.7. The van der Waals surface area contributed by atoms with Crippen LogP contribution in [-0.2, 0) is 23.8 Å². The highest BCUT2D eigenvalue weighted by Crippen LogP contribution is 2.38. The zero-order valence-corrected chi connectivity index (χ0v) is 18.7. The van der Waals surface area contributed by atoms with Crippen molar-refractivity contribution >= 4 is 17.8 Å². The van der Waals surface area contributed by atoms with Gasteiger partial charge in [0.2, 0.25) is 0 Å². The van der Waals surface area contributed by atoms with Crippen LogP contribution in [0.1, 0.15) is 69.8 Å². The minimum absolute atomic E-state index is 0.00541. The minimum atomic E-state index is -0.184. The molecule has 0 aromatic heterocycles. The molecule has 1 saturated heterocycles. The predicted molar refractivity (Wildman–Crippen MR) is 120 cm³/mol. The quantitative estimate of drug-likeness (QED) is 0.352. The van der Waals surface area contributed by atoms with Crippen molar-refractivity contribution < 1.29 is 23.8 Å². The highest BCUT2D eigenvalue weighted by Gasteiger charge is 2.42. The summed E-state index contributed by atoms with van der Waals surface area (Å²) >= 11 is 0. The van der Waals surface area contributed by atoms with Crippen LogP contribution in [0.3, 0.4) is 0 Å². The molecule has 0 radical (unpaired) electrons. The number of carbonyl (C=O) groups excluding carboxylic acids is 2. The Bertz CT molecular complexity index is 708. The van der Waals surface area contributed by atoms with Gasteiger partial charge in [-0.3, -0.25) is 9.59 Å². The molecule has 1 aromatic carbocycles. The monoisotopic (exact) mass is 428 g/mol. The molecule has 1 saturated carbocycles. The number of rotatable bonds is 11. The van der Waals surface area contributed by atoms with Gasteiger partial charge < -0.3 is 14.2 Å². The molecule has 5 heteroatoms. The van der Waals surface area contributed by atoms with Crippen LogP contribution >= 0.6 is 0 Å². The maximum Gasteiger partial charge on any atom is 0.305 e. The van der Waals surface area contributed by atoms with Crippen molar-refractivity contribution in [1.29, 1.82) is 0 Å². The van der Waals surface area contributed by atoms with E-state index in [0.29, 0.717) is 18.6 Å². The number of methoxy groups -OCH3 is 1. The van der Waals surface area contributed by atoms with Gasteiger partial charge in [0.15, 0.2) is 6.29 Å². The van der Waals surface area contributed by atoms with Crippen LogP contribution in [0.25, 0.3) is 6.08 Å². The van der Waals surface area contributed by atoms with Crippen molar-refractivity contribution in [3.63, 3.8) is 0 Å². The summed E-state index contributed by atoms with van der Waals surface area (Å²) in [5, 5.41) is 0. The lowest BCUT2D eigenvalue weighted by molar-refractivity contribution is -0.192. The lowest BCUT2D eigenvalue weighted by Crippen LogP contribution is -2.30. The van der Waals surface area contributed by atoms with Gasteiger partial charge in [-0.25, -0.2) is 0 Å². The van der Waals surface area contributed by atoms with Gasteiger partial charge in [-0.15, -0.1) is 0 Å². The van der Waals surface area contributed by atoms with Crippen LogP contribution in [-0.4, -0.2) is 37.9 Å². The second-order valence-corrected chi connectivity index (χ2v) is 8.62. The van der Waals surface area contributed by atoms with E-state index in [0.717, 1.165) is 63.5 Å². The average Bonchev–Trinajstić information content (AvgIpc) is 3.09. The van der Waals surface area contributed by atoms with Crippen LogP contribution < -0.4 is 0 Å². The van der Waals surface area contributed by atoms with Gasteiger partial charge in [-0.05, 0) is 37.7 Å². The van der Waals surface area contributed by atoms with Crippen LogP contribution in [0, 0.1) is 11.8 Å². The van der Waals surface area contributed by atoms with Crippen molar-refractivity contribution in [3.05, 3.63) is 42.0 Å². The van der Waals surface area contributed by atoms with Gasteiger partial charge in [0.1, 0.15) is 5.78 Å². The number of benzene rings is 1. The highest BCUT2D eigenvalue weighted by molar-refractivity contribution is 5.85. The molecule has 2 fully saturated rings. The minimum Gasteiger partial charge on any atom is -0.469 e. The van der Waals surface area contributed by atoms with Gasteiger partial charge in [0, 0.05) is 31.3 Å². The van der Waals surface area contributed by atoms with E-state index in [4.69, 9.17) is 9.47 Å². The van der Waals surface area contributed by atoms with Gasteiger partial charge in [-0.2, -0.15) is 0 Å². The molecule has 0 bridgehead atoms. The summed E-state index contributed by atoms with van der Waals surface area (Å²) in [4.78, 5) is 24.1. The fourth-order valence-corrected chi connectivity index (χ4v) is 4.60. The fraction of sp³-hybridized carbons (Fsp3) is 0.615. The summed E-state index contributed by atoms with van der Waals surface area (Å²) in [6.45, 7) is 0.741. The Balaban J connectivity index is 1.57. The lowest BCUT2D eigenvalue weighted by Gasteiger charge is -2.28. The zero-order chi connectivity index (χ0) is 21.9. The summed E-state index contributed by atoms with van der Waals surface area (Å²) in [5.74, 6) is 0.225. The Labute approximate surface area is 186 Å². The Hall–Kier alpha value is -1.98. The zero-order valence-electron chi connectivity index (χ0n) is 18.7. The molecule has 0 N–H and O–H groups in total. The van der Waals surface area contributed by atoms with E-state index in [9.17, 15) is 9.59 Å². The van der Waals surface area contributed by atoms with Gasteiger partial charge in [-0.1, -0.05) is 61.7 Å². The van der Waals surface area contributed by atoms with Crippen molar-refractivity contribution in [2.75, 3.05) is 13.7 Å². The van der Waals surface area contributed by atoms with Crippen LogP contribution in [0.15, 0.2) is 36.4 Å². The number of esters is 1. The smallest absolute Gasteiger partial charge is 0.305 e. The van der Waals surface area contributed by atoms with E-state index >= 15 is 0 Å². The Kier molecular flexibility index (Phi) is 9.76. The summed E-state index contributed by atoms with van der Waals surface area (Å²) < 4.78 is 16.8. The van der Waals surface area contributed by atoms with Crippen LogP contribution in [0.5, 0.6) is 0 Å². The second kappa shape index (κ2) is 12.8. The van der Waals surface area contributed by atoms with Crippen molar-refractivity contribution in [2.24, 2.45) is 11.8 Å². The standard InChI is InChI=1S/C26H36O5/c1-29-25(28)14-8-3-2-7-13-21-22(17-16-20-11-5-4-6-12-20)24(19-23(21)27)31-26-15-9-10-18-30-26/h4-6,11-12,16-17,21-22,24,26H,2-3,7-10,13-15,18-19H2,1H3/b17-16+. The van der Waals surface area contributed by atoms with Crippen LogP contribution in [0.2, 0.25) is 0 Å². The van der Waals surface area contributed by atoms with Gasteiger partial charge in [0.05, 0.1) is 13.2 Å². The molecule has 1 aliphatic carbocycles. The number of ketones is 1. The van der Waals surface area contributed by atoms with E-state index < -0.39 is 0 Å². The second-order valence-electron chi connectivity index (χ2n) is 8.62. The molecule has 0 amide bonds. The van der Waals surface area contributed by atoms with E-state index in [1.807, 2.05) is 18.2 Å². The highest BCUT2D eigenvalue weighted by atomic mass is 16.7. The molecule has 170 valence electrons. The molecule has 31 heavy (non-hydrogen) atoms. The number of hydrogen-bond donors (Lipinski definition) is 0. The SMILES string of the molecule is COC(=O)CCCCCCC1C(=O)CC(OC2CCCCO2)C1/C=C/c1ccccc1. The van der Waals surface area contributed by atoms with Crippen molar-refractivity contribution in [3.8, 4) is 0 Å². The first-order valence-electron chi connectivity index (χ1n) is 11.8. The van der Waals surface area contributed by atoms with E-state index in [1.165, 1.54) is 7.11 Å². The first kappa shape index (κ1) is 23.7. The topological polar surface area (TPSA) is 61.8 Å². The Morgan fingerprint density at radius 1 is 1.13 bits per heavy atom. The number of Topliss-reactive ketones (excluding diaryl/α,β-unsaturated/α-hetero) is 1. The first-order valence-corrected chi connectivity index (χ1v) is 11.8. The lowest BCUT2D eigenvalue weighted by atomic mass is 9.88. The average molecular weight is 429 g/mol. The number of ether oxygens (including phenoxy) is 3. The maximum absolute atomic E-state index is 12.9. The molecule has 2 aliphatic rings. The predicted octanol–water partition coefficient (Wildman–Crippen LogP) is 5.33. The molecule has 4 atom stereocenters. The van der Waals surface area contributed by atoms with Gasteiger partial charge in [0.25, 0.3) is 0 Å². The third-order valence-electron chi connectivity index (χ3n) is 6.36.